The van der Waals surface area contributed by atoms with Gasteiger partial charge < -0.3 is 4.90 Å². The number of carbonyl (C=O) groups excluding carboxylic acids is 1. The third-order valence-corrected chi connectivity index (χ3v) is 4.37. The van der Waals surface area contributed by atoms with E-state index in [1.807, 2.05) is 22.8 Å². The zero-order chi connectivity index (χ0) is 15.0. The Hall–Kier alpha value is -1.50. The second-order valence-corrected chi connectivity index (χ2v) is 5.91. The second-order valence-electron chi connectivity index (χ2n) is 5.91. The molecule has 2 aliphatic heterocycles. The lowest BCUT2D eigenvalue weighted by atomic mass is 9.98. The maximum absolute atomic E-state index is 12.5. The topological polar surface area (TPSA) is 41.4 Å². The van der Waals surface area contributed by atoms with Gasteiger partial charge in [-0.15, -0.1) is 0 Å². The van der Waals surface area contributed by atoms with Crippen molar-refractivity contribution in [2.24, 2.45) is 13.0 Å². The highest BCUT2D eigenvalue weighted by Crippen LogP contribution is 2.23. The Balaban J connectivity index is 1.59. The van der Waals surface area contributed by atoms with E-state index in [2.05, 4.69) is 5.10 Å². The summed E-state index contributed by atoms with van der Waals surface area (Å²) in [6.07, 6.45) is 1.35. The Morgan fingerprint density at radius 2 is 2.24 bits per heavy atom. The minimum atomic E-state index is -2.32. The third-order valence-electron chi connectivity index (χ3n) is 4.37. The molecule has 3 heterocycles. The molecule has 0 N–H and O–H groups in total. The number of nitrogens with zero attached hydrogens (tertiary/aromatic N) is 4. The zero-order valence-corrected chi connectivity index (χ0v) is 12.1. The lowest BCUT2D eigenvalue weighted by molar-refractivity contribution is -0.142. The molecule has 0 atom stereocenters. The molecule has 1 fully saturated rings. The summed E-state index contributed by atoms with van der Waals surface area (Å²) < 4.78 is 26.4. The molecule has 0 radical (unpaired) electrons. The van der Waals surface area contributed by atoms with E-state index >= 15 is 0 Å². The molecule has 0 unspecified atom stereocenters. The number of rotatable bonds is 3. The summed E-state index contributed by atoms with van der Waals surface area (Å²) in [6.45, 7) is 2.02. The van der Waals surface area contributed by atoms with Gasteiger partial charge in [-0.1, -0.05) is 0 Å². The van der Waals surface area contributed by atoms with Crippen molar-refractivity contribution in [3.63, 3.8) is 0 Å². The number of fused-ring (bicyclic) bond motifs is 1. The highest BCUT2D eigenvalue weighted by Gasteiger charge is 2.36. The number of alkyl halides is 2. The van der Waals surface area contributed by atoms with Crippen LogP contribution in [0.5, 0.6) is 0 Å². The molecule has 0 aliphatic carbocycles. The number of halogens is 2. The Kier molecular flexibility index (Phi) is 3.93. The van der Waals surface area contributed by atoms with Crippen molar-refractivity contribution in [3.8, 4) is 0 Å². The summed E-state index contributed by atoms with van der Waals surface area (Å²) in [7, 11) is 1.92. The maximum atomic E-state index is 12.5. The molecule has 116 valence electrons. The number of amides is 1. The van der Waals surface area contributed by atoms with E-state index in [1.165, 1.54) is 5.69 Å². The normalized spacial score (nSPS) is 20.3. The summed E-state index contributed by atoms with van der Waals surface area (Å²) in [5, 5.41) is 4.24. The first kappa shape index (κ1) is 14.4. The van der Waals surface area contributed by atoms with Gasteiger partial charge in [0.25, 0.3) is 6.43 Å². The third kappa shape index (κ3) is 2.92. The van der Waals surface area contributed by atoms with Crippen LogP contribution in [0.2, 0.25) is 0 Å². The van der Waals surface area contributed by atoms with Crippen LogP contribution < -0.4 is 0 Å². The quantitative estimate of drug-likeness (QED) is 0.832. The second kappa shape index (κ2) is 5.71. The van der Waals surface area contributed by atoms with Crippen molar-refractivity contribution < 1.29 is 13.6 Å². The molecule has 2 aliphatic rings. The van der Waals surface area contributed by atoms with Crippen LogP contribution >= 0.6 is 0 Å². The maximum Gasteiger partial charge on any atom is 0.251 e. The highest BCUT2D eigenvalue weighted by atomic mass is 19.3. The molecule has 5 nitrogen and oxygen atoms in total. The molecule has 0 aromatic carbocycles. The van der Waals surface area contributed by atoms with Crippen LogP contribution in [0.1, 0.15) is 17.7 Å². The van der Waals surface area contributed by atoms with Crippen LogP contribution in [0.15, 0.2) is 6.20 Å². The van der Waals surface area contributed by atoms with Crippen molar-refractivity contribution in [2.45, 2.75) is 25.8 Å². The molecule has 0 bridgehead atoms. The minimum absolute atomic E-state index is 0.0946. The molecule has 1 saturated heterocycles. The molecule has 1 amide bonds. The molecule has 0 saturated carbocycles. The van der Waals surface area contributed by atoms with Crippen LogP contribution in [0.4, 0.5) is 8.78 Å². The predicted molar refractivity (Wildman–Crippen MR) is 72.9 cm³/mol. The first-order valence-corrected chi connectivity index (χ1v) is 7.33. The molecular weight excluding hydrogens is 278 g/mol. The van der Waals surface area contributed by atoms with Gasteiger partial charge in [0.2, 0.25) is 5.91 Å². The van der Waals surface area contributed by atoms with Crippen LogP contribution in [-0.4, -0.2) is 58.1 Å². The molecule has 7 heteroatoms. The van der Waals surface area contributed by atoms with Gasteiger partial charge in [-0.25, -0.2) is 8.78 Å². The molecule has 1 aromatic rings. The van der Waals surface area contributed by atoms with Crippen molar-refractivity contribution in [3.05, 3.63) is 17.5 Å². The predicted octanol–water partition coefficient (Wildman–Crippen LogP) is 0.892. The van der Waals surface area contributed by atoms with Crippen LogP contribution in [-0.2, 0) is 24.8 Å². The molecule has 3 rings (SSSR count). The van der Waals surface area contributed by atoms with Gasteiger partial charge in [-0.3, -0.25) is 14.4 Å². The summed E-state index contributed by atoms with van der Waals surface area (Å²) in [5.41, 5.74) is 2.30. The first-order valence-electron chi connectivity index (χ1n) is 7.33. The number of hydrogen-bond acceptors (Lipinski definition) is 3. The van der Waals surface area contributed by atoms with Gasteiger partial charge in [0.15, 0.2) is 0 Å². The van der Waals surface area contributed by atoms with Crippen LogP contribution in [0.3, 0.4) is 0 Å². The number of aryl methyl sites for hydroxylation is 1. The van der Waals surface area contributed by atoms with Gasteiger partial charge in [-0.05, 0) is 12.8 Å². The molecular formula is C14H20F2N4O. The summed E-state index contributed by atoms with van der Waals surface area (Å²) in [4.78, 5) is 16.0. The first-order chi connectivity index (χ1) is 10.0. The number of carbonyl (C=O) groups is 1. The largest absolute Gasteiger partial charge is 0.338 e. The fraction of sp³-hybridized carbons (Fsp3) is 0.714. The van der Waals surface area contributed by atoms with Gasteiger partial charge in [-0.2, -0.15) is 5.10 Å². The average Bonchev–Trinajstić information content (AvgIpc) is 2.62. The molecule has 0 spiro atoms. The fourth-order valence-corrected chi connectivity index (χ4v) is 3.20. The van der Waals surface area contributed by atoms with Crippen molar-refractivity contribution in [2.75, 3.05) is 26.2 Å². The summed E-state index contributed by atoms with van der Waals surface area (Å²) >= 11 is 0. The van der Waals surface area contributed by atoms with Gasteiger partial charge >= 0.3 is 0 Å². The number of likely N-dealkylation sites (tertiary alicyclic amines) is 1. The standard InChI is InChI=1S/C14H20F2N4O/c1-18-12-3-2-4-20(8-10(12)5-17-18)14(21)11-6-19(7-11)9-13(15)16/h5,11,13H,2-4,6-9H2,1H3. The Morgan fingerprint density at radius 1 is 1.48 bits per heavy atom. The van der Waals surface area contributed by atoms with E-state index in [4.69, 9.17) is 0 Å². The Labute approximate surface area is 122 Å². The molecule has 21 heavy (non-hydrogen) atoms. The lowest BCUT2D eigenvalue weighted by Crippen LogP contribution is -2.55. The van der Waals surface area contributed by atoms with Crippen LogP contribution in [0.25, 0.3) is 0 Å². The van der Waals surface area contributed by atoms with E-state index in [0.29, 0.717) is 19.6 Å². The fourth-order valence-electron chi connectivity index (χ4n) is 3.20. The SMILES string of the molecule is Cn1ncc2c1CCCN(C(=O)C1CN(CC(F)F)C1)C2. The summed E-state index contributed by atoms with van der Waals surface area (Å²) in [5.74, 6) is -0.0285. The average molecular weight is 298 g/mol. The number of aromatic nitrogens is 2. The van der Waals surface area contributed by atoms with E-state index < -0.39 is 6.43 Å². The van der Waals surface area contributed by atoms with E-state index in [9.17, 15) is 13.6 Å². The summed E-state index contributed by atoms with van der Waals surface area (Å²) in [6, 6.07) is 0. The molecule has 1 aromatic heterocycles. The van der Waals surface area contributed by atoms with E-state index in [1.54, 1.807) is 4.90 Å². The lowest BCUT2D eigenvalue weighted by Gasteiger charge is -2.40. The van der Waals surface area contributed by atoms with Crippen molar-refractivity contribution >= 4 is 5.91 Å². The number of hydrogen-bond donors (Lipinski definition) is 0. The zero-order valence-electron chi connectivity index (χ0n) is 12.1. The van der Waals surface area contributed by atoms with Gasteiger partial charge in [0.1, 0.15) is 0 Å². The monoisotopic (exact) mass is 298 g/mol. The van der Waals surface area contributed by atoms with Gasteiger partial charge in [0, 0.05) is 44.5 Å². The van der Waals surface area contributed by atoms with Crippen LogP contribution in [0, 0.1) is 5.92 Å². The van der Waals surface area contributed by atoms with E-state index in [-0.39, 0.29) is 18.4 Å². The Bertz CT molecular complexity index is 525. The smallest absolute Gasteiger partial charge is 0.251 e. The minimum Gasteiger partial charge on any atom is -0.338 e. The van der Waals surface area contributed by atoms with E-state index in [0.717, 1.165) is 24.9 Å². The van der Waals surface area contributed by atoms with Crippen molar-refractivity contribution in [1.29, 1.82) is 0 Å². The van der Waals surface area contributed by atoms with Crippen molar-refractivity contribution in [1.82, 2.24) is 19.6 Å². The Morgan fingerprint density at radius 3 is 2.95 bits per heavy atom. The highest BCUT2D eigenvalue weighted by molar-refractivity contribution is 5.80. The van der Waals surface area contributed by atoms with Gasteiger partial charge in [0.05, 0.1) is 18.7 Å².